The van der Waals surface area contributed by atoms with E-state index >= 15 is 0 Å². The van der Waals surface area contributed by atoms with Gasteiger partial charge < -0.3 is 15.8 Å². The summed E-state index contributed by atoms with van der Waals surface area (Å²) in [4.78, 5) is 12.0. The Labute approximate surface area is 127 Å². The van der Waals surface area contributed by atoms with Crippen molar-refractivity contribution in [3.05, 3.63) is 35.4 Å². The molecule has 3 N–H and O–H groups in total. The molecule has 0 heterocycles. The van der Waals surface area contributed by atoms with Gasteiger partial charge in [0.2, 0.25) is 5.91 Å². The lowest BCUT2D eigenvalue weighted by Gasteiger charge is -2.16. The van der Waals surface area contributed by atoms with Crippen molar-refractivity contribution < 1.29 is 9.53 Å². The Balaban J connectivity index is 2.62. The minimum atomic E-state index is -0.0492. The van der Waals surface area contributed by atoms with E-state index in [0.29, 0.717) is 19.6 Å². The number of rotatable bonds is 6. The van der Waals surface area contributed by atoms with Gasteiger partial charge in [0.1, 0.15) is 0 Å². The third kappa shape index (κ3) is 6.44. The van der Waals surface area contributed by atoms with Gasteiger partial charge in [0.05, 0.1) is 12.6 Å². The van der Waals surface area contributed by atoms with Crippen molar-refractivity contribution in [1.82, 2.24) is 5.32 Å². The summed E-state index contributed by atoms with van der Waals surface area (Å²) in [5.74, 6) is 6.07. The fourth-order valence-electron chi connectivity index (χ4n) is 2.08. The maximum Gasteiger partial charge on any atom is 0.220 e. The molecule has 0 aliphatic rings. The van der Waals surface area contributed by atoms with Gasteiger partial charge in [-0.15, -0.1) is 0 Å². The molecule has 1 aromatic rings. The zero-order valence-electron chi connectivity index (χ0n) is 13.0. The van der Waals surface area contributed by atoms with Crippen molar-refractivity contribution in [2.24, 2.45) is 11.7 Å². The molecule has 0 aliphatic heterocycles. The van der Waals surface area contributed by atoms with E-state index in [9.17, 15) is 4.79 Å². The van der Waals surface area contributed by atoms with Gasteiger partial charge in [-0.3, -0.25) is 4.79 Å². The monoisotopic (exact) mass is 288 g/mol. The molecule has 0 radical (unpaired) electrons. The predicted octanol–water partition coefficient (Wildman–Crippen LogP) is 1.85. The minimum absolute atomic E-state index is 0.0329. The van der Waals surface area contributed by atoms with E-state index in [1.165, 1.54) is 0 Å². The first kappa shape index (κ1) is 17.2. The highest BCUT2D eigenvalue weighted by Crippen LogP contribution is 2.14. The second kappa shape index (κ2) is 9.17. The van der Waals surface area contributed by atoms with Crippen LogP contribution in [-0.4, -0.2) is 26.2 Å². The fraction of sp³-hybridized carbons (Fsp3) is 0.471. The van der Waals surface area contributed by atoms with Gasteiger partial charge in [0, 0.05) is 25.7 Å². The molecule has 0 spiro atoms. The lowest BCUT2D eigenvalue weighted by atomic mass is 10.0. The molecule has 0 saturated heterocycles. The molecule has 0 bridgehead atoms. The standard InChI is InChI=1S/C17H24N2O2/c1-13(12-21-3)10-17(20)19-14(2)16-8-4-6-15(11-16)7-5-9-18/h4,6,8,11,13-14H,9-10,12,18H2,1-3H3,(H,19,20). The summed E-state index contributed by atoms with van der Waals surface area (Å²) in [6, 6.07) is 7.78. The summed E-state index contributed by atoms with van der Waals surface area (Å²) in [5, 5.41) is 3.00. The van der Waals surface area contributed by atoms with Crippen molar-refractivity contribution in [2.75, 3.05) is 20.3 Å². The second-order valence-electron chi connectivity index (χ2n) is 5.19. The third-order valence-electron chi connectivity index (χ3n) is 3.08. The predicted molar refractivity (Wildman–Crippen MR) is 84.6 cm³/mol. The number of benzene rings is 1. The maximum absolute atomic E-state index is 12.0. The molecule has 0 saturated carbocycles. The van der Waals surface area contributed by atoms with Crippen molar-refractivity contribution in [2.45, 2.75) is 26.3 Å². The van der Waals surface area contributed by atoms with Gasteiger partial charge in [-0.25, -0.2) is 0 Å². The van der Waals surface area contributed by atoms with Gasteiger partial charge in [-0.05, 0) is 30.5 Å². The van der Waals surface area contributed by atoms with Crippen LogP contribution in [0.2, 0.25) is 0 Å². The molecule has 0 fully saturated rings. The Kier molecular flexibility index (Phi) is 7.52. The Morgan fingerprint density at radius 2 is 2.19 bits per heavy atom. The van der Waals surface area contributed by atoms with E-state index in [1.54, 1.807) is 7.11 Å². The highest BCUT2D eigenvalue weighted by atomic mass is 16.5. The normalized spacial score (nSPS) is 13.0. The van der Waals surface area contributed by atoms with Crippen LogP contribution in [0.4, 0.5) is 0 Å². The number of hydrogen-bond donors (Lipinski definition) is 2. The number of hydrogen-bond acceptors (Lipinski definition) is 3. The Morgan fingerprint density at radius 1 is 1.43 bits per heavy atom. The fourth-order valence-corrected chi connectivity index (χ4v) is 2.08. The number of methoxy groups -OCH3 is 1. The lowest BCUT2D eigenvalue weighted by molar-refractivity contribution is -0.122. The highest BCUT2D eigenvalue weighted by Gasteiger charge is 2.13. The highest BCUT2D eigenvalue weighted by molar-refractivity contribution is 5.76. The summed E-state index contributed by atoms with van der Waals surface area (Å²) in [6.07, 6.45) is 0.463. The second-order valence-corrected chi connectivity index (χ2v) is 5.19. The van der Waals surface area contributed by atoms with E-state index in [2.05, 4.69) is 17.2 Å². The van der Waals surface area contributed by atoms with Crippen molar-refractivity contribution in [1.29, 1.82) is 0 Å². The number of ether oxygens (including phenoxy) is 1. The average Bonchev–Trinajstić information content (AvgIpc) is 2.45. The third-order valence-corrected chi connectivity index (χ3v) is 3.08. The maximum atomic E-state index is 12.0. The van der Waals surface area contributed by atoms with Gasteiger partial charge in [-0.2, -0.15) is 0 Å². The topological polar surface area (TPSA) is 64.3 Å². The minimum Gasteiger partial charge on any atom is -0.384 e. The van der Waals surface area contributed by atoms with Gasteiger partial charge in [0.15, 0.2) is 0 Å². The zero-order chi connectivity index (χ0) is 15.7. The van der Waals surface area contributed by atoms with E-state index in [1.807, 2.05) is 38.1 Å². The van der Waals surface area contributed by atoms with E-state index in [0.717, 1.165) is 11.1 Å². The summed E-state index contributed by atoms with van der Waals surface area (Å²) in [7, 11) is 1.64. The van der Waals surface area contributed by atoms with Crippen LogP contribution in [0.15, 0.2) is 24.3 Å². The van der Waals surface area contributed by atoms with Crippen LogP contribution in [0.1, 0.15) is 37.4 Å². The molecule has 1 amide bonds. The summed E-state index contributed by atoms with van der Waals surface area (Å²) in [6.45, 7) is 4.89. The Bertz CT molecular complexity index is 517. The van der Waals surface area contributed by atoms with E-state index in [-0.39, 0.29) is 17.9 Å². The van der Waals surface area contributed by atoms with Gasteiger partial charge in [0.25, 0.3) is 0 Å². The molecular weight excluding hydrogens is 264 g/mol. The largest absolute Gasteiger partial charge is 0.384 e. The van der Waals surface area contributed by atoms with Crippen molar-refractivity contribution in [3.63, 3.8) is 0 Å². The molecule has 0 aromatic heterocycles. The van der Waals surface area contributed by atoms with Crippen molar-refractivity contribution >= 4 is 5.91 Å². The molecule has 1 aromatic carbocycles. The number of amides is 1. The molecule has 21 heavy (non-hydrogen) atoms. The molecule has 4 heteroatoms. The van der Waals surface area contributed by atoms with Crippen LogP contribution in [-0.2, 0) is 9.53 Å². The van der Waals surface area contributed by atoms with Gasteiger partial charge >= 0.3 is 0 Å². The van der Waals surface area contributed by atoms with Crippen LogP contribution in [0, 0.1) is 17.8 Å². The first-order valence-corrected chi connectivity index (χ1v) is 7.14. The van der Waals surface area contributed by atoms with Crippen LogP contribution < -0.4 is 11.1 Å². The summed E-state index contributed by atoms with van der Waals surface area (Å²) in [5.41, 5.74) is 7.31. The molecule has 2 unspecified atom stereocenters. The Morgan fingerprint density at radius 3 is 2.86 bits per heavy atom. The number of carbonyl (C=O) groups is 1. The summed E-state index contributed by atoms with van der Waals surface area (Å²) >= 11 is 0. The molecule has 114 valence electrons. The molecule has 1 rings (SSSR count). The van der Waals surface area contributed by atoms with Gasteiger partial charge in [-0.1, -0.05) is 30.9 Å². The van der Waals surface area contributed by atoms with E-state index < -0.39 is 0 Å². The molecule has 4 nitrogen and oxygen atoms in total. The van der Waals surface area contributed by atoms with Crippen molar-refractivity contribution in [3.8, 4) is 11.8 Å². The lowest BCUT2D eigenvalue weighted by Crippen LogP contribution is -2.28. The smallest absolute Gasteiger partial charge is 0.220 e. The first-order valence-electron chi connectivity index (χ1n) is 7.14. The zero-order valence-corrected chi connectivity index (χ0v) is 13.0. The quantitative estimate of drug-likeness (QED) is 0.785. The molecule has 2 atom stereocenters. The Hall–Kier alpha value is -1.83. The SMILES string of the molecule is COCC(C)CC(=O)NC(C)c1cccc(C#CCN)c1. The number of nitrogens with one attached hydrogen (secondary N) is 1. The number of nitrogens with two attached hydrogens (primary N) is 1. The molecular formula is C17H24N2O2. The van der Waals surface area contributed by atoms with Crippen LogP contribution in [0.3, 0.4) is 0 Å². The summed E-state index contributed by atoms with van der Waals surface area (Å²) < 4.78 is 5.04. The van der Waals surface area contributed by atoms with Crippen LogP contribution in [0.5, 0.6) is 0 Å². The molecule has 0 aliphatic carbocycles. The number of carbonyl (C=O) groups excluding carboxylic acids is 1. The first-order chi connectivity index (χ1) is 10.1. The van der Waals surface area contributed by atoms with Crippen LogP contribution in [0.25, 0.3) is 0 Å². The van der Waals surface area contributed by atoms with Crippen LogP contribution >= 0.6 is 0 Å². The van der Waals surface area contributed by atoms with E-state index in [4.69, 9.17) is 10.5 Å². The average molecular weight is 288 g/mol.